The zero-order chi connectivity index (χ0) is 12.9. The van der Waals surface area contributed by atoms with Crippen LogP contribution in [0.1, 0.15) is 59.8 Å². The number of hydrogen-bond donors (Lipinski definition) is 1. The van der Waals surface area contributed by atoms with Crippen molar-refractivity contribution in [2.75, 3.05) is 12.8 Å². The van der Waals surface area contributed by atoms with E-state index in [1.54, 1.807) is 0 Å². The minimum atomic E-state index is 0.488. The Morgan fingerprint density at radius 2 is 1.94 bits per heavy atom. The van der Waals surface area contributed by atoms with Crippen LogP contribution in [0.2, 0.25) is 0 Å². The summed E-state index contributed by atoms with van der Waals surface area (Å²) in [4.78, 5) is 0. The van der Waals surface area contributed by atoms with Crippen molar-refractivity contribution in [1.82, 2.24) is 5.32 Å². The number of hydrogen-bond acceptors (Lipinski definition) is 2. The molecule has 3 unspecified atom stereocenters. The van der Waals surface area contributed by atoms with Gasteiger partial charge in [0.25, 0.3) is 0 Å². The molecule has 0 aromatic heterocycles. The summed E-state index contributed by atoms with van der Waals surface area (Å²) in [7, 11) is 2.13. The lowest BCUT2D eigenvalue weighted by molar-refractivity contribution is 0.167. The maximum absolute atomic E-state index is 3.53. The number of rotatable bonds is 5. The highest BCUT2D eigenvalue weighted by atomic mass is 32.2. The normalized spacial score (nSPS) is 30.5. The predicted octanol–water partition coefficient (Wildman–Crippen LogP) is 4.32. The number of thioether (sulfide) groups is 1. The molecule has 0 heterocycles. The number of unbranched alkanes of at least 4 members (excludes halogenated alkanes) is 1. The van der Waals surface area contributed by atoms with Gasteiger partial charge in [0.15, 0.2) is 0 Å². The second-order valence-corrected chi connectivity index (χ2v) is 7.88. The third-order valence-corrected chi connectivity index (χ3v) is 5.69. The Bertz CT molecular complexity index is 209. The molecular weight excluding hydrogens is 226 g/mol. The molecule has 0 bridgehead atoms. The highest BCUT2D eigenvalue weighted by Crippen LogP contribution is 2.41. The van der Waals surface area contributed by atoms with E-state index in [-0.39, 0.29) is 0 Å². The van der Waals surface area contributed by atoms with Gasteiger partial charge in [-0.1, -0.05) is 34.1 Å². The molecule has 102 valence electrons. The van der Waals surface area contributed by atoms with E-state index >= 15 is 0 Å². The van der Waals surface area contributed by atoms with Crippen LogP contribution in [0.3, 0.4) is 0 Å². The summed E-state index contributed by atoms with van der Waals surface area (Å²) < 4.78 is 0. The Kier molecular flexibility index (Phi) is 6.36. The van der Waals surface area contributed by atoms with Crippen LogP contribution in [0.4, 0.5) is 0 Å². The van der Waals surface area contributed by atoms with Gasteiger partial charge in [-0.2, -0.15) is 11.8 Å². The van der Waals surface area contributed by atoms with E-state index < -0.39 is 0 Å². The molecular formula is C15H31NS. The van der Waals surface area contributed by atoms with Gasteiger partial charge in [-0.05, 0) is 49.8 Å². The molecule has 0 spiro atoms. The van der Waals surface area contributed by atoms with Crippen molar-refractivity contribution in [2.45, 2.75) is 71.1 Å². The van der Waals surface area contributed by atoms with Crippen LogP contribution in [0.15, 0.2) is 0 Å². The predicted molar refractivity (Wildman–Crippen MR) is 80.8 cm³/mol. The first kappa shape index (κ1) is 15.4. The van der Waals surface area contributed by atoms with Gasteiger partial charge < -0.3 is 5.32 Å². The van der Waals surface area contributed by atoms with Gasteiger partial charge in [0.2, 0.25) is 0 Å². The van der Waals surface area contributed by atoms with Gasteiger partial charge in [-0.25, -0.2) is 0 Å². The first-order valence-electron chi connectivity index (χ1n) is 7.28. The lowest BCUT2D eigenvalue weighted by Crippen LogP contribution is -2.43. The van der Waals surface area contributed by atoms with Crippen molar-refractivity contribution in [1.29, 1.82) is 0 Å². The molecule has 17 heavy (non-hydrogen) atoms. The van der Waals surface area contributed by atoms with Crippen molar-refractivity contribution in [3.63, 3.8) is 0 Å². The average Bonchev–Trinajstić information content (AvgIpc) is 2.28. The van der Waals surface area contributed by atoms with E-state index in [1.807, 2.05) is 0 Å². The fourth-order valence-corrected chi connectivity index (χ4v) is 4.44. The molecule has 1 aliphatic carbocycles. The molecule has 1 saturated carbocycles. The van der Waals surface area contributed by atoms with E-state index in [9.17, 15) is 0 Å². The van der Waals surface area contributed by atoms with Gasteiger partial charge in [-0.15, -0.1) is 0 Å². The lowest BCUT2D eigenvalue weighted by atomic mass is 9.71. The van der Waals surface area contributed by atoms with Crippen LogP contribution in [0, 0.1) is 11.3 Å². The maximum atomic E-state index is 3.53. The molecule has 0 saturated heterocycles. The zero-order valence-electron chi connectivity index (χ0n) is 12.4. The Morgan fingerprint density at radius 3 is 2.47 bits per heavy atom. The maximum Gasteiger partial charge on any atom is 0.0203 e. The van der Waals surface area contributed by atoms with Crippen LogP contribution in [0.5, 0.6) is 0 Å². The van der Waals surface area contributed by atoms with Crippen molar-refractivity contribution >= 4 is 11.8 Å². The summed E-state index contributed by atoms with van der Waals surface area (Å²) in [6, 6.07) is 0.746. The average molecular weight is 257 g/mol. The summed E-state index contributed by atoms with van der Waals surface area (Å²) in [5.74, 6) is 2.25. The minimum Gasteiger partial charge on any atom is -0.316 e. The molecule has 0 aromatic rings. The van der Waals surface area contributed by atoms with Crippen molar-refractivity contribution < 1.29 is 0 Å². The molecule has 0 radical (unpaired) electrons. The lowest BCUT2D eigenvalue weighted by Gasteiger charge is -2.41. The molecule has 0 amide bonds. The van der Waals surface area contributed by atoms with Crippen molar-refractivity contribution in [2.24, 2.45) is 11.3 Å². The summed E-state index contributed by atoms with van der Waals surface area (Å²) in [6.45, 7) is 9.51. The minimum absolute atomic E-state index is 0.488. The van der Waals surface area contributed by atoms with Crippen LogP contribution < -0.4 is 5.32 Å². The Labute approximate surface area is 113 Å². The molecule has 1 N–H and O–H groups in total. The van der Waals surface area contributed by atoms with Crippen molar-refractivity contribution in [3.8, 4) is 0 Å². The Balaban J connectivity index is 2.49. The van der Waals surface area contributed by atoms with Crippen LogP contribution in [-0.2, 0) is 0 Å². The summed E-state index contributed by atoms with van der Waals surface area (Å²) >= 11 is 2.21. The van der Waals surface area contributed by atoms with Gasteiger partial charge in [0, 0.05) is 11.3 Å². The van der Waals surface area contributed by atoms with E-state index in [0.29, 0.717) is 5.41 Å². The standard InChI is InChI=1S/C15H31NS/c1-6-7-10-17-14-11-12(15(2,3)4)8-9-13(14)16-5/h12-14,16H,6-11H2,1-5H3. The smallest absolute Gasteiger partial charge is 0.0203 e. The molecule has 1 fully saturated rings. The molecule has 3 atom stereocenters. The molecule has 1 rings (SSSR count). The first-order valence-corrected chi connectivity index (χ1v) is 8.32. The molecule has 2 heteroatoms. The van der Waals surface area contributed by atoms with Gasteiger partial charge in [0.1, 0.15) is 0 Å². The second kappa shape index (κ2) is 7.04. The SMILES string of the molecule is CCCCSC1CC(C(C)(C)C)CCC1NC. The number of nitrogens with one attached hydrogen (secondary N) is 1. The Hall–Kier alpha value is 0.310. The topological polar surface area (TPSA) is 12.0 Å². The van der Waals surface area contributed by atoms with E-state index in [0.717, 1.165) is 17.2 Å². The molecule has 1 nitrogen and oxygen atoms in total. The third kappa shape index (κ3) is 4.82. The van der Waals surface area contributed by atoms with Crippen LogP contribution in [0.25, 0.3) is 0 Å². The monoisotopic (exact) mass is 257 g/mol. The third-order valence-electron chi connectivity index (χ3n) is 4.22. The van der Waals surface area contributed by atoms with E-state index in [4.69, 9.17) is 0 Å². The Morgan fingerprint density at radius 1 is 1.24 bits per heavy atom. The summed E-state index contributed by atoms with van der Waals surface area (Å²) in [5.41, 5.74) is 0.488. The molecule has 0 aliphatic heterocycles. The summed E-state index contributed by atoms with van der Waals surface area (Å²) in [6.07, 6.45) is 6.87. The van der Waals surface area contributed by atoms with E-state index in [1.165, 1.54) is 37.9 Å². The second-order valence-electron chi connectivity index (χ2n) is 6.53. The highest BCUT2D eigenvalue weighted by Gasteiger charge is 2.35. The quantitative estimate of drug-likeness (QED) is 0.736. The van der Waals surface area contributed by atoms with E-state index in [2.05, 4.69) is 51.8 Å². The summed E-state index contributed by atoms with van der Waals surface area (Å²) in [5, 5.41) is 4.37. The van der Waals surface area contributed by atoms with Crippen LogP contribution >= 0.6 is 11.8 Å². The van der Waals surface area contributed by atoms with Gasteiger partial charge >= 0.3 is 0 Å². The first-order chi connectivity index (χ1) is 7.99. The highest BCUT2D eigenvalue weighted by molar-refractivity contribution is 7.99. The fraction of sp³-hybridized carbons (Fsp3) is 1.00. The fourth-order valence-electron chi connectivity index (χ4n) is 2.81. The van der Waals surface area contributed by atoms with Gasteiger partial charge in [-0.3, -0.25) is 0 Å². The largest absolute Gasteiger partial charge is 0.316 e. The molecule has 1 aliphatic rings. The van der Waals surface area contributed by atoms with Crippen molar-refractivity contribution in [3.05, 3.63) is 0 Å². The molecule has 0 aromatic carbocycles. The zero-order valence-corrected chi connectivity index (χ0v) is 13.2. The van der Waals surface area contributed by atoms with Crippen LogP contribution in [-0.4, -0.2) is 24.1 Å². The van der Waals surface area contributed by atoms with Gasteiger partial charge in [0.05, 0.1) is 0 Å².